The van der Waals surface area contributed by atoms with E-state index in [2.05, 4.69) is 14.8 Å². The third-order valence-corrected chi connectivity index (χ3v) is 4.70. The molecule has 2 heterocycles. The molecule has 2 aromatic rings. The Morgan fingerprint density at radius 2 is 1.50 bits per heavy atom. The lowest BCUT2D eigenvalue weighted by Crippen LogP contribution is -2.34. The van der Waals surface area contributed by atoms with Crippen molar-refractivity contribution in [2.45, 2.75) is 13.1 Å². The van der Waals surface area contributed by atoms with Crippen molar-refractivity contribution in [3.05, 3.63) is 41.3 Å². The summed E-state index contributed by atoms with van der Waals surface area (Å²) in [6.07, 6.45) is 0.736. The zero-order chi connectivity index (χ0) is 25.1. The first kappa shape index (κ1) is 27.0. The average molecular weight is 480 g/mol. The largest absolute Gasteiger partial charge is 0.480 e. The molecule has 0 spiro atoms. The van der Waals surface area contributed by atoms with E-state index in [0.29, 0.717) is 22.6 Å². The van der Waals surface area contributed by atoms with Crippen molar-refractivity contribution >= 4 is 18.2 Å². The van der Waals surface area contributed by atoms with Gasteiger partial charge in [0.25, 0.3) is 0 Å². The Morgan fingerprint density at radius 1 is 0.971 bits per heavy atom. The Morgan fingerprint density at radius 3 is 1.94 bits per heavy atom. The second-order valence-corrected chi connectivity index (χ2v) is 7.25. The van der Waals surface area contributed by atoms with Crippen LogP contribution < -0.4 is 0 Å². The lowest BCUT2D eigenvalue weighted by molar-refractivity contribution is -0.335. The standard InChI is InChI=1S/C21H28N4O9/c1-23-18(12-26)4-5-19(23)15-6-16(8-24(10-20(27)28)11-21(29)30)22-17(7-15)9-25(13-33-31-2)14-34-32-3/h4-7,12H,8-11,13-14H2,1-3H3,(H,27,28)(H,29,30). The minimum absolute atomic E-state index is 0.0203. The van der Waals surface area contributed by atoms with Crippen LogP contribution in [0.1, 0.15) is 21.9 Å². The van der Waals surface area contributed by atoms with E-state index < -0.39 is 25.0 Å². The number of aldehydes is 1. The third kappa shape index (κ3) is 8.30. The number of aromatic nitrogens is 2. The van der Waals surface area contributed by atoms with E-state index in [1.807, 2.05) is 0 Å². The summed E-state index contributed by atoms with van der Waals surface area (Å²) >= 11 is 0. The SMILES string of the molecule is COOCN(COOC)Cc1cc(-c2ccc(C=O)n2C)cc(CN(CC(=O)O)CC(=O)O)n1. The maximum Gasteiger partial charge on any atom is 0.317 e. The molecule has 0 saturated heterocycles. The van der Waals surface area contributed by atoms with Crippen molar-refractivity contribution in [3.8, 4) is 11.3 Å². The van der Waals surface area contributed by atoms with E-state index >= 15 is 0 Å². The summed E-state index contributed by atoms with van der Waals surface area (Å²) in [6, 6.07) is 6.98. The number of pyridine rings is 1. The van der Waals surface area contributed by atoms with E-state index in [9.17, 15) is 14.4 Å². The molecule has 0 amide bonds. The van der Waals surface area contributed by atoms with Gasteiger partial charge in [-0.2, -0.15) is 0 Å². The molecular formula is C21H28N4O9. The van der Waals surface area contributed by atoms with Crippen molar-refractivity contribution in [2.24, 2.45) is 7.05 Å². The number of hydrogen-bond donors (Lipinski definition) is 2. The quantitative estimate of drug-likeness (QED) is 0.151. The average Bonchev–Trinajstić information content (AvgIpc) is 3.14. The van der Waals surface area contributed by atoms with Gasteiger partial charge < -0.3 is 14.8 Å². The molecule has 2 N–H and O–H groups in total. The van der Waals surface area contributed by atoms with Gasteiger partial charge in [0.2, 0.25) is 0 Å². The van der Waals surface area contributed by atoms with Gasteiger partial charge in [-0.3, -0.25) is 24.3 Å². The Balaban J connectivity index is 2.44. The smallest absolute Gasteiger partial charge is 0.317 e. The molecular weight excluding hydrogens is 452 g/mol. The molecule has 0 atom stereocenters. The minimum Gasteiger partial charge on any atom is -0.480 e. The maximum atomic E-state index is 11.3. The van der Waals surface area contributed by atoms with Crippen molar-refractivity contribution in [1.82, 2.24) is 19.4 Å². The summed E-state index contributed by atoms with van der Waals surface area (Å²) in [5, 5.41) is 18.3. The molecule has 0 aliphatic rings. The van der Waals surface area contributed by atoms with E-state index in [1.54, 1.807) is 40.8 Å². The van der Waals surface area contributed by atoms with E-state index in [0.717, 1.165) is 12.0 Å². The molecule has 0 aromatic carbocycles. The maximum absolute atomic E-state index is 11.3. The Hall–Kier alpha value is -3.20. The van der Waals surface area contributed by atoms with Crippen LogP contribution >= 0.6 is 0 Å². The van der Waals surface area contributed by atoms with E-state index in [-0.39, 0.29) is 26.6 Å². The van der Waals surface area contributed by atoms with Gasteiger partial charge in [0, 0.05) is 31.4 Å². The number of carboxylic acids is 2. The first-order valence-electron chi connectivity index (χ1n) is 10.1. The summed E-state index contributed by atoms with van der Waals surface area (Å²) in [5.74, 6) is -2.31. The van der Waals surface area contributed by atoms with Crippen molar-refractivity contribution in [1.29, 1.82) is 0 Å². The predicted molar refractivity (Wildman–Crippen MR) is 116 cm³/mol. The third-order valence-electron chi connectivity index (χ3n) is 4.70. The molecule has 2 aromatic heterocycles. The van der Waals surface area contributed by atoms with Crippen LogP contribution in [0, 0.1) is 0 Å². The highest BCUT2D eigenvalue weighted by molar-refractivity contribution is 5.76. The van der Waals surface area contributed by atoms with Crippen LogP contribution in [0.2, 0.25) is 0 Å². The number of nitrogens with zero attached hydrogens (tertiary/aromatic N) is 4. The number of carboxylic acid groups (broad SMARTS) is 2. The molecule has 0 fully saturated rings. The Labute approximate surface area is 195 Å². The summed E-state index contributed by atoms with van der Waals surface area (Å²) in [7, 11) is 4.48. The summed E-state index contributed by atoms with van der Waals surface area (Å²) in [4.78, 5) is 60.5. The summed E-state index contributed by atoms with van der Waals surface area (Å²) in [5.41, 5.74) is 2.91. The molecule has 0 saturated carbocycles. The molecule has 0 aliphatic heterocycles. The number of carbonyl (C=O) groups is 3. The van der Waals surface area contributed by atoms with Gasteiger partial charge in [0.05, 0.1) is 44.4 Å². The predicted octanol–water partition coefficient (Wildman–Crippen LogP) is 0.744. The van der Waals surface area contributed by atoms with Crippen LogP contribution in [-0.4, -0.2) is 88.6 Å². The van der Waals surface area contributed by atoms with Crippen LogP contribution in [0.25, 0.3) is 11.3 Å². The highest BCUT2D eigenvalue weighted by atomic mass is 17.2. The van der Waals surface area contributed by atoms with Gasteiger partial charge >= 0.3 is 11.9 Å². The number of carbonyl (C=O) groups excluding carboxylic acids is 1. The topological polar surface area (TPSA) is 153 Å². The second-order valence-electron chi connectivity index (χ2n) is 7.25. The van der Waals surface area contributed by atoms with Crippen LogP contribution in [0.5, 0.6) is 0 Å². The fraction of sp³-hybridized carbons (Fsp3) is 0.429. The fourth-order valence-corrected chi connectivity index (χ4v) is 3.29. The summed E-state index contributed by atoms with van der Waals surface area (Å²) in [6.45, 7) is -0.662. The van der Waals surface area contributed by atoms with Crippen molar-refractivity contribution < 1.29 is 44.1 Å². The van der Waals surface area contributed by atoms with Crippen LogP contribution in [-0.2, 0) is 49.3 Å². The van der Waals surface area contributed by atoms with Gasteiger partial charge in [-0.1, -0.05) is 0 Å². The molecule has 0 unspecified atom stereocenters. The van der Waals surface area contributed by atoms with Gasteiger partial charge in [-0.05, 0) is 24.3 Å². The number of hydrogen-bond acceptors (Lipinski definition) is 10. The first-order valence-corrected chi connectivity index (χ1v) is 10.1. The van der Waals surface area contributed by atoms with Gasteiger partial charge in [-0.15, -0.1) is 0 Å². The van der Waals surface area contributed by atoms with Crippen molar-refractivity contribution in [3.63, 3.8) is 0 Å². The van der Waals surface area contributed by atoms with E-state index in [4.69, 9.17) is 20.0 Å². The molecule has 2 rings (SSSR count). The molecule has 186 valence electrons. The number of rotatable bonds is 16. The Kier molecular flexibility index (Phi) is 10.7. The Bertz CT molecular complexity index is 955. The second kappa shape index (κ2) is 13.5. The molecule has 34 heavy (non-hydrogen) atoms. The van der Waals surface area contributed by atoms with Crippen LogP contribution in [0.4, 0.5) is 0 Å². The molecule has 13 heteroatoms. The van der Waals surface area contributed by atoms with Crippen LogP contribution in [0.3, 0.4) is 0 Å². The highest BCUT2D eigenvalue weighted by Gasteiger charge is 2.18. The molecule has 0 aliphatic carbocycles. The van der Waals surface area contributed by atoms with Crippen molar-refractivity contribution in [2.75, 3.05) is 40.8 Å². The monoisotopic (exact) mass is 480 g/mol. The number of aliphatic carboxylic acids is 2. The van der Waals surface area contributed by atoms with Crippen LogP contribution in [0.15, 0.2) is 24.3 Å². The van der Waals surface area contributed by atoms with Gasteiger partial charge in [0.1, 0.15) is 13.5 Å². The van der Waals surface area contributed by atoms with E-state index in [1.165, 1.54) is 19.1 Å². The lowest BCUT2D eigenvalue weighted by atomic mass is 10.1. The normalized spacial score (nSPS) is 11.3. The minimum atomic E-state index is -1.16. The molecule has 0 radical (unpaired) electrons. The van der Waals surface area contributed by atoms with Gasteiger partial charge in [-0.25, -0.2) is 24.5 Å². The van der Waals surface area contributed by atoms with Gasteiger partial charge in [0.15, 0.2) is 6.29 Å². The first-order chi connectivity index (χ1) is 16.3. The fourth-order valence-electron chi connectivity index (χ4n) is 3.29. The summed E-state index contributed by atoms with van der Waals surface area (Å²) < 4.78 is 1.71. The lowest BCUT2D eigenvalue weighted by Gasteiger charge is -2.22. The molecule has 13 nitrogen and oxygen atoms in total. The zero-order valence-electron chi connectivity index (χ0n) is 19.2. The highest BCUT2D eigenvalue weighted by Crippen LogP contribution is 2.24. The zero-order valence-corrected chi connectivity index (χ0v) is 19.2. The molecule has 0 bridgehead atoms.